The third-order valence-electron chi connectivity index (χ3n) is 5.76. The molecular formula is C23H25Cl2FN2O2S. The van der Waals surface area contributed by atoms with Crippen molar-refractivity contribution in [3.05, 3.63) is 62.9 Å². The number of amides is 1. The van der Waals surface area contributed by atoms with Crippen molar-refractivity contribution >= 4 is 41.1 Å². The molecule has 0 spiro atoms. The van der Waals surface area contributed by atoms with Gasteiger partial charge in [-0.25, -0.2) is 4.39 Å². The van der Waals surface area contributed by atoms with Gasteiger partial charge in [-0.15, -0.1) is 0 Å². The Balaban J connectivity index is 1.49. The van der Waals surface area contributed by atoms with Crippen molar-refractivity contribution in [2.24, 2.45) is 0 Å². The van der Waals surface area contributed by atoms with Crippen LogP contribution in [0.25, 0.3) is 0 Å². The Bertz CT molecular complexity index is 951. The first-order chi connectivity index (χ1) is 15.0. The van der Waals surface area contributed by atoms with Crippen LogP contribution in [0.15, 0.2) is 30.3 Å². The quantitative estimate of drug-likeness (QED) is 0.486. The van der Waals surface area contributed by atoms with Crippen LogP contribution in [0, 0.1) is 5.82 Å². The number of halogens is 3. The van der Waals surface area contributed by atoms with Crippen molar-refractivity contribution < 1.29 is 13.9 Å². The molecule has 31 heavy (non-hydrogen) atoms. The summed E-state index contributed by atoms with van der Waals surface area (Å²) in [6, 6.07) is 8.58. The molecule has 1 heterocycles. The maximum atomic E-state index is 14.7. The maximum Gasteiger partial charge on any atom is 0.264 e. The number of hydrogen-bond acceptors (Lipinski definition) is 4. The number of nitrogens with one attached hydrogen (secondary N) is 1. The first-order valence-corrected chi connectivity index (χ1v) is 12.4. The van der Waals surface area contributed by atoms with Crippen molar-refractivity contribution in [1.29, 1.82) is 0 Å². The number of piperidine rings is 1. The zero-order chi connectivity index (χ0) is 22.0. The van der Waals surface area contributed by atoms with E-state index >= 15 is 0 Å². The molecule has 4 nitrogen and oxygen atoms in total. The van der Waals surface area contributed by atoms with Gasteiger partial charge in [0.25, 0.3) is 5.91 Å². The minimum absolute atomic E-state index is 0.0576. The van der Waals surface area contributed by atoms with Crippen LogP contribution in [-0.4, -0.2) is 36.3 Å². The second kappa shape index (κ2) is 9.99. The molecule has 0 aromatic heterocycles. The van der Waals surface area contributed by atoms with Gasteiger partial charge >= 0.3 is 0 Å². The van der Waals surface area contributed by atoms with Crippen molar-refractivity contribution in [3.63, 3.8) is 0 Å². The molecule has 0 radical (unpaired) electrons. The van der Waals surface area contributed by atoms with E-state index in [9.17, 15) is 9.18 Å². The molecular weight excluding hydrogens is 458 g/mol. The fourth-order valence-corrected chi connectivity index (χ4v) is 4.86. The lowest BCUT2D eigenvalue weighted by Gasteiger charge is -2.33. The summed E-state index contributed by atoms with van der Waals surface area (Å²) in [5.74, 6) is -0.0817. The van der Waals surface area contributed by atoms with Gasteiger partial charge in [-0.2, -0.15) is 0 Å². The van der Waals surface area contributed by atoms with Crippen molar-refractivity contribution in [2.45, 2.75) is 44.2 Å². The van der Waals surface area contributed by atoms with E-state index in [0.717, 1.165) is 55.3 Å². The Kier molecular flexibility index (Phi) is 7.32. The van der Waals surface area contributed by atoms with Gasteiger partial charge < -0.3 is 4.74 Å². The van der Waals surface area contributed by atoms with Crippen LogP contribution in [0.1, 0.15) is 53.1 Å². The number of likely N-dealkylation sites (tertiary alicyclic amines) is 1. The standard InChI is InChI=1S/C23H25Cl2FN2O2S/c1-31-27-23(29)17-10-16(14-7-8-14)22(11-21(17)26)30-15-4-3-9-28(12-15)13-18-19(24)5-2-6-20(18)25/h2,5-6,10-11,14-15H,3-4,7-9,12-13H2,1H3,(H,27,29). The van der Waals surface area contributed by atoms with Crippen LogP contribution in [-0.2, 0) is 6.54 Å². The highest BCUT2D eigenvalue weighted by Crippen LogP contribution is 2.45. The molecule has 2 fully saturated rings. The van der Waals surface area contributed by atoms with Crippen LogP contribution in [0.3, 0.4) is 0 Å². The summed E-state index contributed by atoms with van der Waals surface area (Å²) in [5, 5.41) is 1.32. The fourth-order valence-electron chi connectivity index (χ4n) is 4.05. The average molecular weight is 483 g/mol. The maximum absolute atomic E-state index is 14.7. The number of nitrogens with zero attached hydrogens (tertiary/aromatic N) is 1. The Hall–Kier alpha value is -1.47. The van der Waals surface area contributed by atoms with E-state index in [-0.39, 0.29) is 11.7 Å². The molecule has 2 aliphatic rings. The predicted octanol–water partition coefficient (Wildman–Crippen LogP) is 6.06. The van der Waals surface area contributed by atoms with Crippen molar-refractivity contribution in [3.8, 4) is 5.75 Å². The van der Waals surface area contributed by atoms with Gasteiger partial charge in [-0.3, -0.25) is 14.4 Å². The van der Waals surface area contributed by atoms with Gasteiger partial charge in [0.2, 0.25) is 0 Å². The van der Waals surface area contributed by atoms with E-state index in [1.807, 2.05) is 18.2 Å². The molecule has 1 saturated carbocycles. The summed E-state index contributed by atoms with van der Waals surface area (Å²) in [4.78, 5) is 14.5. The second-order valence-corrected chi connectivity index (χ2v) is 9.52. The third kappa shape index (κ3) is 5.48. The van der Waals surface area contributed by atoms with E-state index in [1.54, 1.807) is 12.3 Å². The molecule has 1 saturated heterocycles. The van der Waals surface area contributed by atoms with Crippen LogP contribution in [0.2, 0.25) is 10.0 Å². The topological polar surface area (TPSA) is 41.6 Å². The molecule has 1 aliphatic carbocycles. The molecule has 2 aromatic rings. The lowest BCUT2D eigenvalue weighted by atomic mass is 10.0. The highest BCUT2D eigenvalue weighted by Gasteiger charge is 2.31. The minimum atomic E-state index is -0.554. The van der Waals surface area contributed by atoms with Crippen LogP contribution >= 0.6 is 35.1 Å². The van der Waals surface area contributed by atoms with E-state index < -0.39 is 11.7 Å². The number of hydrogen-bond donors (Lipinski definition) is 1. The molecule has 8 heteroatoms. The lowest BCUT2D eigenvalue weighted by molar-refractivity contribution is 0.0833. The van der Waals surface area contributed by atoms with Crippen molar-refractivity contribution in [1.82, 2.24) is 9.62 Å². The van der Waals surface area contributed by atoms with E-state index in [0.29, 0.717) is 34.8 Å². The number of benzene rings is 2. The minimum Gasteiger partial charge on any atom is -0.489 e. The Morgan fingerprint density at radius 1 is 1.26 bits per heavy atom. The summed E-state index contributed by atoms with van der Waals surface area (Å²) in [6.45, 7) is 2.29. The number of rotatable bonds is 7. The first kappa shape index (κ1) is 22.7. The van der Waals surface area contributed by atoms with E-state index in [4.69, 9.17) is 27.9 Å². The highest BCUT2D eigenvalue weighted by molar-refractivity contribution is 7.97. The first-order valence-electron chi connectivity index (χ1n) is 10.4. The van der Waals surface area contributed by atoms with E-state index in [1.165, 1.54) is 6.07 Å². The predicted molar refractivity (Wildman–Crippen MR) is 125 cm³/mol. The van der Waals surface area contributed by atoms with Gasteiger partial charge in [-0.05, 0) is 61.9 Å². The molecule has 1 unspecified atom stereocenters. The normalized spacial score (nSPS) is 19.3. The smallest absolute Gasteiger partial charge is 0.264 e. The van der Waals surface area contributed by atoms with Crippen LogP contribution < -0.4 is 9.46 Å². The molecule has 1 aliphatic heterocycles. The zero-order valence-electron chi connectivity index (χ0n) is 17.3. The molecule has 1 N–H and O–H groups in total. The second-order valence-electron chi connectivity index (χ2n) is 8.10. The van der Waals surface area contributed by atoms with E-state index in [2.05, 4.69) is 9.62 Å². The van der Waals surface area contributed by atoms with Gasteiger partial charge in [0.1, 0.15) is 17.7 Å². The molecule has 4 rings (SSSR count). The molecule has 1 amide bonds. The summed E-state index contributed by atoms with van der Waals surface area (Å²) in [5.41, 5.74) is 1.92. The summed E-state index contributed by atoms with van der Waals surface area (Å²) < 4.78 is 23.6. The molecule has 1 atom stereocenters. The number of carbonyl (C=O) groups is 1. The zero-order valence-corrected chi connectivity index (χ0v) is 19.6. The van der Waals surface area contributed by atoms with Crippen molar-refractivity contribution in [2.75, 3.05) is 19.3 Å². The fraction of sp³-hybridized carbons (Fsp3) is 0.435. The number of ether oxygens (including phenoxy) is 1. The Labute approximate surface area is 196 Å². The summed E-state index contributed by atoms with van der Waals surface area (Å²) in [6.07, 6.45) is 5.62. The third-order valence-corrected chi connectivity index (χ3v) is 6.85. The largest absolute Gasteiger partial charge is 0.489 e. The molecule has 0 bridgehead atoms. The average Bonchev–Trinajstić information content (AvgIpc) is 3.57. The van der Waals surface area contributed by atoms with Gasteiger partial charge in [-0.1, -0.05) is 41.2 Å². The van der Waals surface area contributed by atoms with Gasteiger partial charge in [0.15, 0.2) is 0 Å². The highest BCUT2D eigenvalue weighted by atomic mass is 35.5. The Morgan fingerprint density at radius 2 is 2.00 bits per heavy atom. The Morgan fingerprint density at radius 3 is 2.68 bits per heavy atom. The van der Waals surface area contributed by atoms with Gasteiger partial charge in [0.05, 0.1) is 5.56 Å². The molecule has 166 valence electrons. The lowest BCUT2D eigenvalue weighted by Crippen LogP contribution is -2.40. The molecule has 2 aromatic carbocycles. The monoisotopic (exact) mass is 482 g/mol. The summed E-state index contributed by atoms with van der Waals surface area (Å²) >= 11 is 13.8. The van der Waals surface area contributed by atoms with Gasteiger partial charge in [0, 0.05) is 41.0 Å². The van der Waals surface area contributed by atoms with Crippen LogP contribution in [0.4, 0.5) is 4.39 Å². The SMILES string of the molecule is CSNC(=O)c1cc(C2CC2)c(OC2CCCN(Cc3c(Cl)cccc3Cl)C2)cc1F. The summed E-state index contributed by atoms with van der Waals surface area (Å²) in [7, 11) is 0. The van der Waals surface area contributed by atoms with Crippen LogP contribution in [0.5, 0.6) is 5.75 Å². The number of carbonyl (C=O) groups excluding carboxylic acids is 1.